The third kappa shape index (κ3) is 2.88. The van der Waals surface area contributed by atoms with E-state index in [0.29, 0.717) is 0 Å². The fourth-order valence-corrected chi connectivity index (χ4v) is 3.12. The summed E-state index contributed by atoms with van der Waals surface area (Å²) in [5, 5.41) is 10.3. The van der Waals surface area contributed by atoms with Crippen molar-refractivity contribution in [3.05, 3.63) is 28.8 Å². The fourth-order valence-electron chi connectivity index (χ4n) is 2.81. The molecule has 1 aliphatic carbocycles. The van der Waals surface area contributed by atoms with Crippen molar-refractivity contribution in [2.24, 2.45) is 0 Å². The van der Waals surface area contributed by atoms with Crippen molar-refractivity contribution in [3.8, 4) is 0 Å². The standard InChI is InChI=1S/C15H21ClN2O/c1-11(19)12-2-5-15(14(16)10-12)18-8-6-17(7-9-18)13-3-4-13/h2,5,10-11,13,19H,3-4,6-9H2,1H3/t11-/m0/s1. The third-order valence-corrected chi connectivity index (χ3v) is 4.48. The van der Waals surface area contributed by atoms with Crippen LogP contribution in [0.2, 0.25) is 5.02 Å². The van der Waals surface area contributed by atoms with Crippen molar-refractivity contribution >= 4 is 17.3 Å². The van der Waals surface area contributed by atoms with E-state index in [-0.39, 0.29) is 0 Å². The second-order valence-electron chi connectivity index (χ2n) is 5.64. The molecule has 0 amide bonds. The van der Waals surface area contributed by atoms with Crippen molar-refractivity contribution in [3.63, 3.8) is 0 Å². The molecule has 0 bridgehead atoms. The van der Waals surface area contributed by atoms with Crippen LogP contribution in [0.4, 0.5) is 5.69 Å². The third-order valence-electron chi connectivity index (χ3n) is 4.17. The summed E-state index contributed by atoms with van der Waals surface area (Å²) >= 11 is 6.35. The molecule has 1 heterocycles. The van der Waals surface area contributed by atoms with Crippen LogP contribution in [-0.4, -0.2) is 42.2 Å². The Morgan fingerprint density at radius 2 is 1.89 bits per heavy atom. The minimum atomic E-state index is -0.460. The van der Waals surface area contributed by atoms with Gasteiger partial charge in [-0.15, -0.1) is 0 Å². The average molecular weight is 281 g/mol. The molecule has 1 aromatic rings. The molecule has 0 aromatic heterocycles. The average Bonchev–Trinajstić information content (AvgIpc) is 3.23. The number of rotatable bonds is 3. The zero-order chi connectivity index (χ0) is 13.4. The van der Waals surface area contributed by atoms with Gasteiger partial charge in [-0.1, -0.05) is 17.7 Å². The van der Waals surface area contributed by atoms with Gasteiger partial charge >= 0.3 is 0 Å². The van der Waals surface area contributed by atoms with Crippen LogP contribution in [0, 0.1) is 0 Å². The molecule has 1 atom stereocenters. The first-order valence-corrected chi connectivity index (χ1v) is 7.49. The summed E-state index contributed by atoms with van der Waals surface area (Å²) in [6.45, 7) is 6.13. The summed E-state index contributed by atoms with van der Waals surface area (Å²) in [5.74, 6) is 0. The Bertz CT molecular complexity index is 451. The highest BCUT2D eigenvalue weighted by Crippen LogP contribution is 2.32. The van der Waals surface area contributed by atoms with E-state index in [2.05, 4.69) is 9.80 Å². The number of hydrogen-bond acceptors (Lipinski definition) is 3. The molecule has 19 heavy (non-hydrogen) atoms. The normalized spacial score (nSPS) is 22.6. The molecular formula is C15H21ClN2O. The van der Waals surface area contributed by atoms with Crippen LogP contribution in [0.5, 0.6) is 0 Å². The Morgan fingerprint density at radius 1 is 1.21 bits per heavy atom. The number of benzene rings is 1. The Kier molecular flexibility index (Phi) is 3.70. The summed E-state index contributed by atoms with van der Waals surface area (Å²) < 4.78 is 0. The van der Waals surface area contributed by atoms with Crippen molar-refractivity contribution in [1.82, 2.24) is 4.90 Å². The molecular weight excluding hydrogens is 260 g/mol. The van der Waals surface area contributed by atoms with E-state index in [4.69, 9.17) is 11.6 Å². The molecule has 2 fully saturated rings. The minimum Gasteiger partial charge on any atom is -0.389 e. The van der Waals surface area contributed by atoms with Gasteiger partial charge in [0.15, 0.2) is 0 Å². The number of hydrogen-bond donors (Lipinski definition) is 1. The van der Waals surface area contributed by atoms with E-state index in [1.807, 2.05) is 18.2 Å². The van der Waals surface area contributed by atoms with Crippen molar-refractivity contribution in [2.75, 3.05) is 31.1 Å². The summed E-state index contributed by atoms with van der Waals surface area (Å²) in [7, 11) is 0. The summed E-state index contributed by atoms with van der Waals surface area (Å²) in [4.78, 5) is 4.95. The molecule has 1 saturated carbocycles. The van der Waals surface area contributed by atoms with Crippen LogP contribution in [0.3, 0.4) is 0 Å². The van der Waals surface area contributed by atoms with E-state index >= 15 is 0 Å². The number of anilines is 1. The van der Waals surface area contributed by atoms with Gasteiger partial charge in [0.1, 0.15) is 0 Å². The molecule has 3 rings (SSSR count). The molecule has 1 aliphatic heterocycles. The number of aliphatic hydroxyl groups is 1. The smallest absolute Gasteiger partial charge is 0.0762 e. The van der Waals surface area contributed by atoms with Crippen LogP contribution < -0.4 is 4.90 Å². The van der Waals surface area contributed by atoms with Crippen LogP contribution in [0.15, 0.2) is 18.2 Å². The number of halogens is 1. The summed E-state index contributed by atoms with van der Waals surface area (Å²) in [6, 6.07) is 6.75. The van der Waals surface area contributed by atoms with Crippen LogP contribution in [0.1, 0.15) is 31.4 Å². The highest BCUT2D eigenvalue weighted by atomic mass is 35.5. The Labute approximate surface area is 119 Å². The number of nitrogens with zero attached hydrogens (tertiary/aromatic N) is 2. The Hall–Kier alpha value is -0.770. The maximum atomic E-state index is 9.57. The minimum absolute atomic E-state index is 0.460. The van der Waals surface area contributed by atoms with Crippen molar-refractivity contribution in [1.29, 1.82) is 0 Å². The zero-order valence-corrected chi connectivity index (χ0v) is 12.1. The first-order chi connectivity index (χ1) is 9.15. The predicted molar refractivity (Wildman–Crippen MR) is 78.9 cm³/mol. The zero-order valence-electron chi connectivity index (χ0n) is 11.3. The van der Waals surface area contributed by atoms with Gasteiger partial charge in [0.05, 0.1) is 16.8 Å². The topological polar surface area (TPSA) is 26.7 Å². The molecule has 2 aliphatic rings. The van der Waals surface area contributed by atoms with Gasteiger partial charge in [-0.25, -0.2) is 0 Å². The molecule has 1 saturated heterocycles. The molecule has 1 N–H and O–H groups in total. The molecule has 104 valence electrons. The lowest BCUT2D eigenvalue weighted by atomic mass is 10.1. The lowest BCUT2D eigenvalue weighted by molar-refractivity contribution is 0.199. The monoisotopic (exact) mass is 280 g/mol. The first kappa shape index (κ1) is 13.2. The Balaban J connectivity index is 1.69. The van der Waals surface area contributed by atoms with E-state index in [9.17, 15) is 5.11 Å². The maximum Gasteiger partial charge on any atom is 0.0762 e. The Morgan fingerprint density at radius 3 is 2.42 bits per heavy atom. The van der Waals surface area contributed by atoms with E-state index in [1.165, 1.54) is 12.8 Å². The first-order valence-electron chi connectivity index (χ1n) is 7.11. The highest BCUT2D eigenvalue weighted by Gasteiger charge is 2.31. The van der Waals surface area contributed by atoms with Gasteiger partial charge in [0, 0.05) is 32.2 Å². The SMILES string of the molecule is C[C@H](O)c1ccc(N2CCN(C3CC3)CC2)c(Cl)c1. The quantitative estimate of drug-likeness (QED) is 0.922. The van der Waals surface area contributed by atoms with Gasteiger partial charge in [-0.2, -0.15) is 0 Å². The predicted octanol–water partition coefficient (Wildman–Crippen LogP) is 2.68. The van der Waals surface area contributed by atoms with Gasteiger partial charge < -0.3 is 10.0 Å². The lowest BCUT2D eigenvalue weighted by Crippen LogP contribution is -2.47. The second kappa shape index (κ2) is 5.31. The van der Waals surface area contributed by atoms with Gasteiger partial charge in [0.25, 0.3) is 0 Å². The van der Waals surface area contributed by atoms with Gasteiger partial charge in [-0.05, 0) is 37.5 Å². The maximum absolute atomic E-state index is 9.57. The molecule has 1 aromatic carbocycles. The van der Waals surface area contributed by atoms with Crippen molar-refractivity contribution in [2.45, 2.75) is 31.9 Å². The van der Waals surface area contributed by atoms with Crippen LogP contribution in [-0.2, 0) is 0 Å². The molecule has 0 spiro atoms. The second-order valence-corrected chi connectivity index (χ2v) is 6.05. The lowest BCUT2D eigenvalue weighted by Gasteiger charge is -2.36. The van der Waals surface area contributed by atoms with Crippen molar-refractivity contribution < 1.29 is 5.11 Å². The van der Waals surface area contributed by atoms with Crippen LogP contribution in [0.25, 0.3) is 0 Å². The molecule has 0 unspecified atom stereocenters. The van der Waals surface area contributed by atoms with Gasteiger partial charge in [-0.3, -0.25) is 4.90 Å². The van der Waals surface area contributed by atoms with E-state index in [1.54, 1.807) is 6.92 Å². The van der Waals surface area contributed by atoms with E-state index < -0.39 is 6.10 Å². The molecule has 4 heteroatoms. The largest absolute Gasteiger partial charge is 0.389 e. The summed E-state index contributed by atoms with van der Waals surface area (Å²) in [6.07, 6.45) is 2.30. The molecule has 0 radical (unpaired) electrons. The molecule has 3 nitrogen and oxygen atoms in total. The van der Waals surface area contributed by atoms with E-state index in [0.717, 1.165) is 48.5 Å². The summed E-state index contributed by atoms with van der Waals surface area (Å²) in [5.41, 5.74) is 1.98. The van der Waals surface area contributed by atoms with Crippen LogP contribution >= 0.6 is 11.6 Å². The number of piperazine rings is 1. The number of aliphatic hydroxyl groups excluding tert-OH is 1. The fraction of sp³-hybridized carbons (Fsp3) is 0.600. The highest BCUT2D eigenvalue weighted by molar-refractivity contribution is 6.33. The van der Waals surface area contributed by atoms with Gasteiger partial charge in [0.2, 0.25) is 0 Å².